The summed E-state index contributed by atoms with van der Waals surface area (Å²) in [4.78, 5) is 0. The Morgan fingerprint density at radius 3 is 2.70 bits per heavy atom. The summed E-state index contributed by atoms with van der Waals surface area (Å²) in [5.41, 5.74) is 8.55. The van der Waals surface area contributed by atoms with Gasteiger partial charge in [-0.2, -0.15) is 0 Å². The lowest BCUT2D eigenvalue weighted by atomic mass is 10.1. The van der Waals surface area contributed by atoms with Crippen molar-refractivity contribution < 1.29 is 9.13 Å². The second kappa shape index (κ2) is 6.25. The fraction of sp³-hybridized carbons (Fsp3) is 0.250. The highest BCUT2D eigenvalue weighted by molar-refractivity contribution is 6.30. The summed E-state index contributed by atoms with van der Waals surface area (Å²) >= 11 is 5.96. The molecule has 0 fully saturated rings. The second-order valence-corrected chi connectivity index (χ2v) is 5.27. The molecule has 0 aliphatic rings. The van der Waals surface area contributed by atoms with E-state index in [1.807, 2.05) is 13.8 Å². The Bertz CT molecular complexity index is 613. The third kappa shape index (κ3) is 3.50. The molecule has 2 aromatic rings. The first-order valence-electron chi connectivity index (χ1n) is 6.40. The van der Waals surface area contributed by atoms with Crippen LogP contribution in [0.4, 0.5) is 4.39 Å². The maximum atomic E-state index is 13.2. The van der Waals surface area contributed by atoms with Gasteiger partial charge in [-0.25, -0.2) is 4.39 Å². The van der Waals surface area contributed by atoms with E-state index < -0.39 is 0 Å². The molecular formula is C16H17ClFNO. The Morgan fingerprint density at radius 1 is 1.25 bits per heavy atom. The van der Waals surface area contributed by atoms with E-state index in [2.05, 4.69) is 0 Å². The third-order valence-electron chi connectivity index (χ3n) is 3.16. The molecule has 2 rings (SSSR count). The Hall–Kier alpha value is -1.58. The highest BCUT2D eigenvalue weighted by Crippen LogP contribution is 2.28. The van der Waals surface area contributed by atoms with Crippen LogP contribution in [0, 0.1) is 12.7 Å². The third-order valence-corrected chi connectivity index (χ3v) is 3.39. The van der Waals surface area contributed by atoms with Gasteiger partial charge in [0.15, 0.2) is 0 Å². The fourth-order valence-corrected chi connectivity index (χ4v) is 2.14. The van der Waals surface area contributed by atoms with Crippen molar-refractivity contribution in [3.63, 3.8) is 0 Å². The van der Waals surface area contributed by atoms with Crippen LogP contribution in [0.3, 0.4) is 0 Å². The first kappa shape index (κ1) is 14.8. The Morgan fingerprint density at radius 2 is 2.00 bits per heavy atom. The van der Waals surface area contributed by atoms with Crippen LogP contribution in [0.2, 0.25) is 5.02 Å². The number of aryl methyl sites for hydroxylation is 1. The highest BCUT2D eigenvalue weighted by atomic mass is 35.5. The van der Waals surface area contributed by atoms with Crippen molar-refractivity contribution in [1.29, 1.82) is 0 Å². The summed E-state index contributed by atoms with van der Waals surface area (Å²) in [7, 11) is 0. The van der Waals surface area contributed by atoms with Crippen LogP contribution in [0.15, 0.2) is 36.4 Å². The minimum atomic E-state index is -0.266. The maximum Gasteiger partial charge on any atom is 0.124 e. The van der Waals surface area contributed by atoms with Gasteiger partial charge in [0.25, 0.3) is 0 Å². The van der Waals surface area contributed by atoms with Crippen LogP contribution in [0.5, 0.6) is 5.75 Å². The average molecular weight is 294 g/mol. The zero-order chi connectivity index (χ0) is 14.7. The van der Waals surface area contributed by atoms with E-state index in [4.69, 9.17) is 22.1 Å². The predicted molar refractivity (Wildman–Crippen MR) is 79.5 cm³/mol. The first-order chi connectivity index (χ1) is 9.47. The van der Waals surface area contributed by atoms with Gasteiger partial charge in [0, 0.05) is 16.6 Å². The predicted octanol–water partition coefficient (Wildman–Crippen LogP) is 4.39. The maximum absolute atomic E-state index is 13.2. The molecule has 0 aliphatic carbocycles. The lowest BCUT2D eigenvalue weighted by Crippen LogP contribution is -2.08. The smallest absolute Gasteiger partial charge is 0.124 e. The van der Waals surface area contributed by atoms with Crippen molar-refractivity contribution in [2.24, 2.45) is 5.73 Å². The van der Waals surface area contributed by atoms with E-state index in [9.17, 15) is 4.39 Å². The molecule has 0 heterocycles. The quantitative estimate of drug-likeness (QED) is 0.907. The van der Waals surface area contributed by atoms with Gasteiger partial charge in [-0.05, 0) is 55.3 Å². The van der Waals surface area contributed by atoms with Gasteiger partial charge < -0.3 is 10.5 Å². The molecule has 1 atom stereocenters. The number of halogens is 2. The number of benzene rings is 2. The minimum absolute atomic E-state index is 0.183. The second-order valence-electron chi connectivity index (χ2n) is 4.83. The van der Waals surface area contributed by atoms with E-state index in [0.717, 1.165) is 16.7 Å². The molecular weight excluding hydrogens is 277 g/mol. The van der Waals surface area contributed by atoms with Crippen molar-refractivity contribution >= 4 is 11.6 Å². The van der Waals surface area contributed by atoms with Gasteiger partial charge in [-0.3, -0.25) is 0 Å². The van der Waals surface area contributed by atoms with E-state index in [1.165, 1.54) is 12.1 Å². The summed E-state index contributed by atoms with van der Waals surface area (Å²) < 4.78 is 19.0. The molecule has 2 N–H and O–H groups in total. The summed E-state index contributed by atoms with van der Waals surface area (Å²) in [6.07, 6.45) is 0. The molecule has 0 spiro atoms. The highest BCUT2D eigenvalue weighted by Gasteiger charge is 2.10. The minimum Gasteiger partial charge on any atom is -0.489 e. The molecule has 0 amide bonds. The Labute approximate surface area is 123 Å². The lowest BCUT2D eigenvalue weighted by Gasteiger charge is -2.15. The lowest BCUT2D eigenvalue weighted by molar-refractivity contribution is 0.300. The van der Waals surface area contributed by atoms with Gasteiger partial charge in [0.1, 0.15) is 18.2 Å². The van der Waals surface area contributed by atoms with Crippen LogP contribution >= 0.6 is 11.6 Å². The standard InChI is InChI=1S/C16H17ClFNO/c1-10-3-5-14(18)7-12(10)9-20-16-6-4-13(17)8-15(16)11(2)19/h3-8,11H,9,19H2,1-2H3. The first-order valence-corrected chi connectivity index (χ1v) is 6.78. The molecule has 2 aromatic carbocycles. The van der Waals surface area contributed by atoms with Gasteiger partial charge in [-0.15, -0.1) is 0 Å². The molecule has 1 unspecified atom stereocenters. The van der Waals surface area contributed by atoms with Gasteiger partial charge in [-0.1, -0.05) is 17.7 Å². The summed E-state index contributed by atoms with van der Waals surface area (Å²) in [6.45, 7) is 4.09. The normalized spacial score (nSPS) is 12.2. The van der Waals surface area contributed by atoms with Gasteiger partial charge in [0.2, 0.25) is 0 Å². The van der Waals surface area contributed by atoms with Crippen LogP contribution in [0.1, 0.15) is 29.7 Å². The molecule has 106 valence electrons. The zero-order valence-corrected chi connectivity index (χ0v) is 12.2. The number of nitrogens with two attached hydrogens (primary N) is 1. The number of hydrogen-bond acceptors (Lipinski definition) is 2. The summed E-state index contributed by atoms with van der Waals surface area (Å²) in [6, 6.07) is 9.81. The van der Waals surface area contributed by atoms with E-state index in [0.29, 0.717) is 17.4 Å². The summed E-state index contributed by atoms with van der Waals surface area (Å²) in [5, 5.41) is 0.617. The van der Waals surface area contributed by atoms with Gasteiger partial charge in [0.05, 0.1) is 0 Å². The van der Waals surface area contributed by atoms with Crippen molar-refractivity contribution in [2.45, 2.75) is 26.5 Å². The van der Waals surface area contributed by atoms with E-state index >= 15 is 0 Å². The average Bonchev–Trinajstić information content (AvgIpc) is 2.40. The molecule has 0 aliphatic heterocycles. The van der Waals surface area contributed by atoms with Crippen molar-refractivity contribution in [3.05, 3.63) is 63.9 Å². The summed E-state index contributed by atoms with van der Waals surface area (Å²) in [5.74, 6) is 0.408. The van der Waals surface area contributed by atoms with Crippen molar-refractivity contribution in [2.75, 3.05) is 0 Å². The van der Waals surface area contributed by atoms with Crippen molar-refractivity contribution in [3.8, 4) is 5.75 Å². The van der Waals surface area contributed by atoms with Crippen LogP contribution in [-0.4, -0.2) is 0 Å². The molecule has 0 saturated heterocycles. The number of ether oxygens (including phenoxy) is 1. The molecule has 20 heavy (non-hydrogen) atoms. The topological polar surface area (TPSA) is 35.2 Å². The largest absolute Gasteiger partial charge is 0.489 e. The fourth-order valence-electron chi connectivity index (χ4n) is 1.96. The molecule has 4 heteroatoms. The van der Waals surface area contributed by atoms with Crippen molar-refractivity contribution in [1.82, 2.24) is 0 Å². The van der Waals surface area contributed by atoms with E-state index in [-0.39, 0.29) is 11.9 Å². The Balaban J connectivity index is 2.20. The number of hydrogen-bond donors (Lipinski definition) is 1. The Kier molecular flexibility index (Phi) is 4.63. The molecule has 2 nitrogen and oxygen atoms in total. The zero-order valence-electron chi connectivity index (χ0n) is 11.5. The van der Waals surface area contributed by atoms with Gasteiger partial charge >= 0.3 is 0 Å². The number of rotatable bonds is 4. The van der Waals surface area contributed by atoms with Crippen LogP contribution < -0.4 is 10.5 Å². The van der Waals surface area contributed by atoms with Crippen LogP contribution in [0.25, 0.3) is 0 Å². The molecule has 0 aromatic heterocycles. The SMILES string of the molecule is Cc1ccc(F)cc1COc1ccc(Cl)cc1C(C)N. The molecule has 0 radical (unpaired) electrons. The molecule has 0 bridgehead atoms. The molecule has 0 saturated carbocycles. The van der Waals surface area contributed by atoms with Crippen LogP contribution in [-0.2, 0) is 6.61 Å². The van der Waals surface area contributed by atoms with E-state index in [1.54, 1.807) is 24.3 Å². The monoisotopic (exact) mass is 293 g/mol.